The van der Waals surface area contributed by atoms with Gasteiger partial charge < -0.3 is 5.21 Å². The number of rotatable bonds is 5. The van der Waals surface area contributed by atoms with Gasteiger partial charge in [-0.3, -0.25) is 5.17 Å². The standard InChI is InChI=1S/C6H12N2O/c1-3-5-7-8(9)6-4-2/h3-4,7-8H,1-2,5-6H2. The topological polar surface area (TPSA) is 39.5 Å². The first kappa shape index (κ1) is 8.36. The molecule has 0 rings (SSSR count). The zero-order valence-electron chi connectivity index (χ0n) is 5.39. The first-order chi connectivity index (χ1) is 4.31. The summed E-state index contributed by atoms with van der Waals surface area (Å²) in [4.78, 5) is 0. The third kappa shape index (κ3) is 5.23. The molecular weight excluding hydrogens is 116 g/mol. The van der Waals surface area contributed by atoms with Crippen LogP contribution in [0.1, 0.15) is 0 Å². The summed E-state index contributed by atoms with van der Waals surface area (Å²) in [5, 5.41) is 10.6. The predicted molar refractivity (Wildman–Crippen MR) is 37.6 cm³/mol. The van der Waals surface area contributed by atoms with Gasteiger partial charge in [-0.25, -0.2) is 0 Å². The third-order valence-corrected chi connectivity index (χ3v) is 0.773. The number of quaternary nitrogens is 1. The highest BCUT2D eigenvalue weighted by Crippen LogP contribution is 1.51. The quantitative estimate of drug-likeness (QED) is 0.377. The van der Waals surface area contributed by atoms with Crippen LogP contribution in [0.4, 0.5) is 0 Å². The van der Waals surface area contributed by atoms with Gasteiger partial charge in [0, 0.05) is 0 Å². The van der Waals surface area contributed by atoms with Crippen LogP contribution in [0.2, 0.25) is 0 Å². The van der Waals surface area contributed by atoms with Crippen molar-refractivity contribution in [2.24, 2.45) is 0 Å². The fraction of sp³-hybridized carbons (Fsp3) is 0.333. The van der Waals surface area contributed by atoms with Gasteiger partial charge in [0.05, 0.1) is 6.54 Å². The lowest BCUT2D eigenvalue weighted by Crippen LogP contribution is -3.14. The number of hydrogen-bond acceptors (Lipinski definition) is 2. The van der Waals surface area contributed by atoms with E-state index in [2.05, 4.69) is 18.6 Å². The summed E-state index contributed by atoms with van der Waals surface area (Å²) in [6.45, 7) is 7.79. The van der Waals surface area contributed by atoms with Crippen LogP contribution in [0.5, 0.6) is 0 Å². The van der Waals surface area contributed by atoms with Crippen LogP contribution in [0.25, 0.3) is 0 Å². The maximum absolute atomic E-state index is 10.6. The van der Waals surface area contributed by atoms with E-state index in [1.807, 2.05) is 0 Å². The Morgan fingerprint density at radius 3 is 2.56 bits per heavy atom. The molecule has 1 unspecified atom stereocenters. The third-order valence-electron chi connectivity index (χ3n) is 0.773. The Morgan fingerprint density at radius 1 is 1.44 bits per heavy atom. The van der Waals surface area contributed by atoms with Crippen molar-refractivity contribution in [3.05, 3.63) is 30.5 Å². The van der Waals surface area contributed by atoms with E-state index in [-0.39, 0.29) is 5.17 Å². The number of nitrogens with one attached hydrogen (secondary N) is 2. The summed E-state index contributed by atoms with van der Waals surface area (Å²) < 4.78 is 0. The number of hydrogen-bond donors (Lipinski definition) is 2. The second-order valence-electron chi connectivity index (χ2n) is 1.59. The van der Waals surface area contributed by atoms with Gasteiger partial charge in [-0.15, -0.1) is 6.58 Å². The molecule has 0 aliphatic carbocycles. The molecule has 0 aromatic rings. The summed E-state index contributed by atoms with van der Waals surface area (Å²) in [7, 11) is 0. The fourth-order valence-corrected chi connectivity index (χ4v) is 0.389. The Labute approximate surface area is 55.2 Å². The lowest BCUT2D eigenvalue weighted by atomic mass is 10.6. The van der Waals surface area contributed by atoms with Gasteiger partial charge in [0.2, 0.25) is 0 Å². The van der Waals surface area contributed by atoms with Gasteiger partial charge in [-0.2, -0.15) is 5.43 Å². The Morgan fingerprint density at radius 2 is 2.11 bits per heavy atom. The first-order valence-electron chi connectivity index (χ1n) is 2.79. The molecule has 0 saturated carbocycles. The van der Waals surface area contributed by atoms with Gasteiger partial charge in [0.15, 0.2) is 0 Å². The summed E-state index contributed by atoms with van der Waals surface area (Å²) in [5.41, 5.74) is 2.60. The van der Waals surface area contributed by atoms with Crippen LogP contribution in [-0.4, -0.2) is 13.1 Å². The predicted octanol–water partition coefficient (Wildman–Crippen LogP) is -0.754. The van der Waals surface area contributed by atoms with Crippen LogP contribution in [0.15, 0.2) is 25.3 Å². The summed E-state index contributed by atoms with van der Waals surface area (Å²) in [5.74, 6) is 0. The van der Waals surface area contributed by atoms with Crippen LogP contribution < -0.4 is 10.6 Å². The molecule has 1 atom stereocenters. The Hall–Kier alpha value is -0.640. The molecule has 0 fully saturated rings. The molecule has 52 valence electrons. The van der Waals surface area contributed by atoms with E-state index in [0.717, 1.165) is 0 Å². The summed E-state index contributed by atoms with van der Waals surface area (Å²) in [6.07, 6.45) is 3.21. The van der Waals surface area contributed by atoms with E-state index in [1.165, 1.54) is 0 Å². The molecule has 2 N–H and O–H groups in total. The SMILES string of the molecule is C=CCN[NH+]([O-])CC=C. The molecule has 3 heteroatoms. The molecule has 0 saturated heterocycles. The Bertz CT molecular complexity index is 93.1. The van der Waals surface area contributed by atoms with Crippen molar-refractivity contribution in [1.82, 2.24) is 5.43 Å². The molecule has 0 spiro atoms. The second kappa shape index (κ2) is 5.50. The zero-order valence-corrected chi connectivity index (χ0v) is 5.39. The molecule has 0 amide bonds. The van der Waals surface area contributed by atoms with Gasteiger partial charge in [-0.1, -0.05) is 12.7 Å². The van der Waals surface area contributed by atoms with Crippen molar-refractivity contribution >= 4 is 0 Å². The lowest BCUT2D eigenvalue weighted by molar-refractivity contribution is -0.889. The zero-order chi connectivity index (χ0) is 7.11. The van der Waals surface area contributed by atoms with Crippen molar-refractivity contribution < 1.29 is 5.17 Å². The monoisotopic (exact) mass is 128 g/mol. The number of hydroxylamine groups is 1. The molecule has 9 heavy (non-hydrogen) atoms. The minimum absolute atomic E-state index is 0.00935. The van der Waals surface area contributed by atoms with Gasteiger partial charge in [0.1, 0.15) is 6.54 Å². The van der Waals surface area contributed by atoms with Gasteiger partial charge in [-0.05, 0) is 6.08 Å². The van der Waals surface area contributed by atoms with Crippen molar-refractivity contribution in [2.45, 2.75) is 0 Å². The van der Waals surface area contributed by atoms with E-state index in [1.54, 1.807) is 12.2 Å². The molecule has 0 aliphatic rings. The first-order valence-corrected chi connectivity index (χ1v) is 2.79. The average molecular weight is 128 g/mol. The van der Waals surface area contributed by atoms with Crippen molar-refractivity contribution in [1.29, 1.82) is 0 Å². The largest absolute Gasteiger partial charge is 0.613 e. The van der Waals surface area contributed by atoms with Crippen LogP contribution in [-0.2, 0) is 0 Å². The average Bonchev–Trinajstić information content (AvgIpc) is 1.85. The maximum Gasteiger partial charge on any atom is 0.113 e. The molecule has 0 radical (unpaired) electrons. The van der Waals surface area contributed by atoms with E-state index in [0.29, 0.717) is 13.1 Å². The molecule has 0 bridgehead atoms. The normalized spacial score (nSPS) is 12.6. The van der Waals surface area contributed by atoms with Gasteiger partial charge in [0.25, 0.3) is 0 Å². The smallest absolute Gasteiger partial charge is 0.113 e. The molecule has 0 aliphatic heterocycles. The minimum Gasteiger partial charge on any atom is -0.613 e. The molecular formula is C6H12N2O. The van der Waals surface area contributed by atoms with Crippen molar-refractivity contribution in [3.8, 4) is 0 Å². The van der Waals surface area contributed by atoms with E-state index < -0.39 is 0 Å². The van der Waals surface area contributed by atoms with E-state index in [4.69, 9.17) is 0 Å². The minimum atomic E-state index is -0.00935. The summed E-state index contributed by atoms with van der Waals surface area (Å²) in [6, 6.07) is 0. The van der Waals surface area contributed by atoms with Gasteiger partial charge >= 0.3 is 0 Å². The molecule has 0 aromatic heterocycles. The van der Waals surface area contributed by atoms with E-state index in [9.17, 15) is 5.21 Å². The van der Waals surface area contributed by atoms with Crippen molar-refractivity contribution in [2.75, 3.05) is 13.1 Å². The second-order valence-corrected chi connectivity index (χ2v) is 1.59. The van der Waals surface area contributed by atoms with E-state index >= 15 is 0 Å². The van der Waals surface area contributed by atoms with Crippen LogP contribution in [0, 0.1) is 5.21 Å². The highest BCUT2D eigenvalue weighted by molar-refractivity contribution is 4.67. The maximum atomic E-state index is 10.6. The highest BCUT2D eigenvalue weighted by Gasteiger charge is 1.86. The van der Waals surface area contributed by atoms with Crippen molar-refractivity contribution in [3.63, 3.8) is 0 Å². The Kier molecular flexibility index (Phi) is 5.11. The molecule has 0 aromatic carbocycles. The highest BCUT2D eigenvalue weighted by atomic mass is 16.5. The van der Waals surface area contributed by atoms with Crippen LogP contribution >= 0.6 is 0 Å². The summed E-state index contributed by atoms with van der Waals surface area (Å²) >= 11 is 0. The Balaban J connectivity index is 3.14. The molecule has 3 nitrogen and oxygen atoms in total. The van der Waals surface area contributed by atoms with Crippen LogP contribution in [0.3, 0.4) is 0 Å². The molecule has 0 heterocycles. The fourth-order valence-electron chi connectivity index (χ4n) is 0.389. The lowest BCUT2D eigenvalue weighted by Gasteiger charge is -2.18.